The number of halogens is 1. The molecular weight excluding hydrogens is 239 g/mol. The summed E-state index contributed by atoms with van der Waals surface area (Å²) in [5, 5.41) is 10.6. The van der Waals surface area contributed by atoms with Gasteiger partial charge in [0.1, 0.15) is 5.82 Å². The molecule has 104 valence electrons. The molecule has 2 fully saturated rings. The SMILES string of the molecule is CC(O)(Cc1cccc(F)c1)CC1CC2CCC1C2. The second-order valence-corrected chi connectivity index (χ2v) is 6.94. The third kappa shape index (κ3) is 3.00. The molecule has 2 bridgehead atoms. The summed E-state index contributed by atoms with van der Waals surface area (Å²) in [7, 11) is 0. The van der Waals surface area contributed by atoms with Gasteiger partial charge in [0, 0.05) is 6.42 Å². The summed E-state index contributed by atoms with van der Waals surface area (Å²) in [5.74, 6) is 2.22. The van der Waals surface area contributed by atoms with Crippen molar-refractivity contribution in [2.24, 2.45) is 17.8 Å². The number of hydrogen-bond donors (Lipinski definition) is 1. The average Bonchev–Trinajstić information content (AvgIpc) is 2.89. The fraction of sp³-hybridized carbons (Fsp3) is 0.647. The van der Waals surface area contributed by atoms with Crippen LogP contribution in [-0.2, 0) is 6.42 Å². The summed E-state index contributed by atoms with van der Waals surface area (Å²) in [6.45, 7) is 1.91. The van der Waals surface area contributed by atoms with Crippen molar-refractivity contribution in [2.75, 3.05) is 0 Å². The number of benzene rings is 1. The van der Waals surface area contributed by atoms with E-state index >= 15 is 0 Å². The molecule has 1 aromatic carbocycles. The van der Waals surface area contributed by atoms with E-state index < -0.39 is 5.60 Å². The molecule has 2 aliphatic rings. The highest BCUT2D eigenvalue weighted by molar-refractivity contribution is 5.18. The molecule has 2 heteroatoms. The highest BCUT2D eigenvalue weighted by Crippen LogP contribution is 2.50. The minimum absolute atomic E-state index is 0.215. The third-order valence-corrected chi connectivity index (χ3v) is 5.06. The van der Waals surface area contributed by atoms with E-state index in [0.717, 1.165) is 23.8 Å². The maximum absolute atomic E-state index is 13.2. The zero-order chi connectivity index (χ0) is 13.5. The molecular formula is C17H23FO. The zero-order valence-electron chi connectivity index (χ0n) is 11.6. The molecule has 1 aromatic rings. The van der Waals surface area contributed by atoms with E-state index in [1.807, 2.05) is 13.0 Å². The van der Waals surface area contributed by atoms with Crippen molar-refractivity contribution in [2.45, 2.75) is 51.0 Å². The number of fused-ring (bicyclic) bond motifs is 2. The molecule has 2 saturated carbocycles. The molecule has 4 atom stereocenters. The molecule has 0 aliphatic heterocycles. The molecule has 2 aliphatic carbocycles. The molecule has 3 rings (SSSR count). The Morgan fingerprint density at radius 3 is 2.79 bits per heavy atom. The van der Waals surface area contributed by atoms with Crippen LogP contribution in [0.2, 0.25) is 0 Å². The molecule has 4 unspecified atom stereocenters. The monoisotopic (exact) mass is 262 g/mol. The van der Waals surface area contributed by atoms with Crippen LogP contribution >= 0.6 is 0 Å². The maximum Gasteiger partial charge on any atom is 0.123 e. The Labute approximate surface area is 114 Å². The van der Waals surface area contributed by atoms with Crippen molar-refractivity contribution in [1.82, 2.24) is 0 Å². The van der Waals surface area contributed by atoms with Gasteiger partial charge in [0.25, 0.3) is 0 Å². The van der Waals surface area contributed by atoms with Gasteiger partial charge in [-0.3, -0.25) is 0 Å². The van der Waals surface area contributed by atoms with Crippen molar-refractivity contribution >= 4 is 0 Å². The number of rotatable bonds is 4. The van der Waals surface area contributed by atoms with Gasteiger partial charge in [0.05, 0.1) is 5.60 Å². The lowest BCUT2D eigenvalue weighted by molar-refractivity contribution is 0.0246. The van der Waals surface area contributed by atoms with E-state index in [-0.39, 0.29) is 5.82 Å². The topological polar surface area (TPSA) is 20.2 Å². The number of hydrogen-bond acceptors (Lipinski definition) is 1. The van der Waals surface area contributed by atoms with Gasteiger partial charge in [-0.2, -0.15) is 0 Å². The van der Waals surface area contributed by atoms with E-state index in [2.05, 4.69) is 0 Å². The van der Waals surface area contributed by atoms with Crippen LogP contribution in [0.4, 0.5) is 4.39 Å². The van der Waals surface area contributed by atoms with Gasteiger partial charge in [-0.25, -0.2) is 4.39 Å². The van der Waals surface area contributed by atoms with Gasteiger partial charge in [0.2, 0.25) is 0 Å². The normalized spacial score (nSPS) is 32.5. The maximum atomic E-state index is 13.2. The van der Waals surface area contributed by atoms with Crippen LogP contribution in [0.1, 0.15) is 44.6 Å². The van der Waals surface area contributed by atoms with Gasteiger partial charge >= 0.3 is 0 Å². The molecule has 0 saturated heterocycles. The van der Waals surface area contributed by atoms with E-state index in [1.54, 1.807) is 6.07 Å². The Balaban J connectivity index is 1.63. The summed E-state index contributed by atoms with van der Waals surface area (Å²) < 4.78 is 13.2. The first-order valence-electron chi connectivity index (χ1n) is 7.49. The Bertz CT molecular complexity index is 454. The van der Waals surface area contributed by atoms with E-state index in [0.29, 0.717) is 12.3 Å². The van der Waals surface area contributed by atoms with E-state index in [4.69, 9.17) is 0 Å². The lowest BCUT2D eigenvalue weighted by atomic mass is 9.79. The molecule has 19 heavy (non-hydrogen) atoms. The highest BCUT2D eigenvalue weighted by atomic mass is 19.1. The van der Waals surface area contributed by atoms with Crippen molar-refractivity contribution < 1.29 is 9.50 Å². The van der Waals surface area contributed by atoms with Crippen molar-refractivity contribution in [1.29, 1.82) is 0 Å². The van der Waals surface area contributed by atoms with Crippen LogP contribution in [0.25, 0.3) is 0 Å². The smallest absolute Gasteiger partial charge is 0.123 e. The number of aliphatic hydroxyl groups is 1. The fourth-order valence-electron chi connectivity index (χ4n) is 4.35. The van der Waals surface area contributed by atoms with Gasteiger partial charge in [-0.05, 0) is 68.1 Å². The lowest BCUT2D eigenvalue weighted by Gasteiger charge is -2.31. The molecule has 0 spiro atoms. The Morgan fingerprint density at radius 2 is 2.16 bits per heavy atom. The average molecular weight is 262 g/mol. The van der Waals surface area contributed by atoms with Crippen LogP contribution in [0.5, 0.6) is 0 Å². The second kappa shape index (κ2) is 4.90. The molecule has 0 heterocycles. The third-order valence-electron chi connectivity index (χ3n) is 5.06. The summed E-state index contributed by atoms with van der Waals surface area (Å²) in [6.07, 6.45) is 6.84. The van der Waals surface area contributed by atoms with Crippen molar-refractivity contribution in [3.8, 4) is 0 Å². The summed E-state index contributed by atoms with van der Waals surface area (Å²) in [5.41, 5.74) is 0.191. The first-order chi connectivity index (χ1) is 9.02. The molecule has 1 nitrogen and oxygen atoms in total. The molecule has 1 N–H and O–H groups in total. The molecule has 0 radical (unpaired) electrons. The van der Waals surface area contributed by atoms with Gasteiger partial charge < -0.3 is 5.11 Å². The molecule has 0 aromatic heterocycles. The Hall–Kier alpha value is -0.890. The van der Waals surface area contributed by atoms with Crippen LogP contribution in [0.3, 0.4) is 0 Å². The fourth-order valence-corrected chi connectivity index (χ4v) is 4.35. The van der Waals surface area contributed by atoms with Crippen LogP contribution in [0.15, 0.2) is 24.3 Å². The van der Waals surface area contributed by atoms with Crippen LogP contribution < -0.4 is 0 Å². The Morgan fingerprint density at radius 1 is 1.32 bits per heavy atom. The first-order valence-corrected chi connectivity index (χ1v) is 7.49. The quantitative estimate of drug-likeness (QED) is 0.871. The van der Waals surface area contributed by atoms with Gasteiger partial charge in [-0.15, -0.1) is 0 Å². The largest absolute Gasteiger partial charge is 0.390 e. The second-order valence-electron chi connectivity index (χ2n) is 6.94. The molecule has 0 amide bonds. The Kier molecular flexibility index (Phi) is 3.38. The highest BCUT2D eigenvalue weighted by Gasteiger charge is 2.42. The summed E-state index contributed by atoms with van der Waals surface area (Å²) in [6, 6.07) is 6.61. The summed E-state index contributed by atoms with van der Waals surface area (Å²) >= 11 is 0. The van der Waals surface area contributed by atoms with Crippen LogP contribution in [0, 0.1) is 23.6 Å². The van der Waals surface area contributed by atoms with E-state index in [1.165, 1.54) is 37.8 Å². The minimum atomic E-state index is -0.705. The zero-order valence-corrected chi connectivity index (χ0v) is 11.6. The predicted molar refractivity (Wildman–Crippen MR) is 74.3 cm³/mol. The predicted octanol–water partition coefficient (Wildman–Crippen LogP) is 3.95. The van der Waals surface area contributed by atoms with Gasteiger partial charge in [-0.1, -0.05) is 18.6 Å². The lowest BCUT2D eigenvalue weighted by Crippen LogP contribution is -2.32. The van der Waals surface area contributed by atoms with Gasteiger partial charge in [0.15, 0.2) is 0 Å². The van der Waals surface area contributed by atoms with E-state index in [9.17, 15) is 9.50 Å². The van der Waals surface area contributed by atoms with Crippen LogP contribution in [-0.4, -0.2) is 10.7 Å². The van der Waals surface area contributed by atoms with Crippen molar-refractivity contribution in [3.05, 3.63) is 35.6 Å². The summed E-state index contributed by atoms with van der Waals surface area (Å²) in [4.78, 5) is 0. The van der Waals surface area contributed by atoms with Crippen molar-refractivity contribution in [3.63, 3.8) is 0 Å². The minimum Gasteiger partial charge on any atom is -0.390 e. The standard InChI is InChI=1S/C17H23FO/c1-17(19,10-13-3-2-4-16(18)9-13)11-15-8-12-5-6-14(15)7-12/h2-4,9,12,14-15,19H,5-8,10-11H2,1H3. The first kappa shape index (κ1) is 13.1.